The van der Waals surface area contributed by atoms with E-state index in [4.69, 9.17) is 9.47 Å². The Morgan fingerprint density at radius 1 is 0.853 bits per heavy atom. The minimum atomic E-state index is -0.398. The van der Waals surface area contributed by atoms with Crippen molar-refractivity contribution in [3.05, 3.63) is 102 Å². The number of allylic oxidation sites excluding steroid dienone is 1. The summed E-state index contributed by atoms with van der Waals surface area (Å²) in [5.41, 5.74) is 4.11. The van der Waals surface area contributed by atoms with Crippen LogP contribution in [0.5, 0.6) is 5.75 Å². The first-order valence-electron chi connectivity index (χ1n) is 11.8. The SMILES string of the molecule is C=CCCCc1ccc(OC(=O)c2ccc(-c3ccc(C(=O)OC[C@@H](C)CC)cc3)cc2)cc1. The van der Waals surface area contributed by atoms with Crippen molar-refractivity contribution in [2.45, 2.75) is 39.5 Å². The van der Waals surface area contributed by atoms with E-state index >= 15 is 0 Å². The fourth-order valence-corrected chi connectivity index (χ4v) is 3.36. The van der Waals surface area contributed by atoms with E-state index in [2.05, 4.69) is 20.4 Å². The van der Waals surface area contributed by atoms with Crippen molar-refractivity contribution in [1.29, 1.82) is 0 Å². The fourth-order valence-electron chi connectivity index (χ4n) is 3.36. The average Bonchev–Trinajstić information content (AvgIpc) is 2.88. The Morgan fingerprint density at radius 2 is 1.41 bits per heavy atom. The number of esters is 2. The van der Waals surface area contributed by atoms with Crippen LogP contribution in [-0.4, -0.2) is 18.5 Å². The normalized spacial score (nSPS) is 11.5. The van der Waals surface area contributed by atoms with Gasteiger partial charge in [0.25, 0.3) is 0 Å². The van der Waals surface area contributed by atoms with Crippen LogP contribution in [0.15, 0.2) is 85.5 Å². The van der Waals surface area contributed by atoms with Crippen molar-refractivity contribution in [1.82, 2.24) is 0 Å². The minimum absolute atomic E-state index is 0.310. The third kappa shape index (κ3) is 7.17. The maximum Gasteiger partial charge on any atom is 0.343 e. The topological polar surface area (TPSA) is 52.6 Å². The number of benzene rings is 3. The molecule has 0 fully saturated rings. The molecule has 0 aliphatic carbocycles. The molecule has 3 rings (SSSR count). The van der Waals surface area contributed by atoms with Crippen molar-refractivity contribution in [2.24, 2.45) is 5.92 Å². The molecule has 0 heterocycles. The monoisotopic (exact) mass is 456 g/mol. The molecule has 0 N–H and O–H groups in total. The van der Waals surface area contributed by atoms with Crippen LogP contribution in [0.4, 0.5) is 0 Å². The van der Waals surface area contributed by atoms with Gasteiger partial charge >= 0.3 is 11.9 Å². The van der Waals surface area contributed by atoms with E-state index in [1.807, 2.05) is 54.6 Å². The standard InChI is InChI=1S/C30H32O4/c1-4-6-7-8-23-9-19-28(20-10-23)34-30(32)27-17-13-25(14-18-27)24-11-15-26(16-12-24)29(31)33-21-22(3)5-2/h4,9-20,22H,1,5-8,21H2,2-3H3/t22-/m0/s1. The first-order chi connectivity index (χ1) is 16.5. The Morgan fingerprint density at radius 3 is 1.94 bits per heavy atom. The van der Waals surface area contributed by atoms with Crippen LogP contribution in [0.25, 0.3) is 11.1 Å². The molecule has 0 aliphatic rings. The lowest BCUT2D eigenvalue weighted by Crippen LogP contribution is -2.11. The van der Waals surface area contributed by atoms with Gasteiger partial charge in [0, 0.05) is 0 Å². The summed E-state index contributed by atoms with van der Waals surface area (Å²) in [5, 5.41) is 0. The van der Waals surface area contributed by atoms with Gasteiger partial charge in [-0.1, -0.05) is 62.7 Å². The Hall–Kier alpha value is -3.66. The zero-order valence-corrected chi connectivity index (χ0v) is 20.0. The number of ether oxygens (including phenoxy) is 2. The molecule has 0 spiro atoms. The summed E-state index contributed by atoms with van der Waals surface area (Å²) in [4.78, 5) is 24.7. The lowest BCUT2D eigenvalue weighted by molar-refractivity contribution is 0.0447. The summed E-state index contributed by atoms with van der Waals surface area (Å²) in [7, 11) is 0. The summed E-state index contributed by atoms with van der Waals surface area (Å²) >= 11 is 0. The lowest BCUT2D eigenvalue weighted by atomic mass is 10.0. The molecule has 4 nitrogen and oxygen atoms in total. The smallest absolute Gasteiger partial charge is 0.343 e. The highest BCUT2D eigenvalue weighted by Crippen LogP contribution is 2.22. The Bertz CT molecular complexity index is 1080. The summed E-state index contributed by atoms with van der Waals surface area (Å²) in [6.07, 6.45) is 5.91. The Labute approximate surface area is 202 Å². The average molecular weight is 457 g/mol. The quantitative estimate of drug-likeness (QED) is 0.132. The maximum absolute atomic E-state index is 12.5. The molecular formula is C30H32O4. The maximum atomic E-state index is 12.5. The molecule has 0 aliphatic heterocycles. The van der Waals surface area contributed by atoms with E-state index in [0.29, 0.717) is 29.4 Å². The first kappa shape index (κ1) is 25.0. The highest BCUT2D eigenvalue weighted by atomic mass is 16.5. The summed E-state index contributed by atoms with van der Waals surface area (Å²) in [6, 6.07) is 22.1. The molecule has 3 aromatic rings. The van der Waals surface area contributed by atoms with Gasteiger partial charge < -0.3 is 9.47 Å². The third-order valence-corrected chi connectivity index (χ3v) is 5.78. The number of hydrogen-bond donors (Lipinski definition) is 0. The van der Waals surface area contributed by atoms with Crippen molar-refractivity contribution in [3.63, 3.8) is 0 Å². The van der Waals surface area contributed by atoms with Gasteiger partial charge in [-0.3, -0.25) is 0 Å². The van der Waals surface area contributed by atoms with Gasteiger partial charge in [0.2, 0.25) is 0 Å². The number of carbonyl (C=O) groups is 2. The zero-order valence-electron chi connectivity index (χ0n) is 20.0. The minimum Gasteiger partial charge on any atom is -0.462 e. The largest absolute Gasteiger partial charge is 0.462 e. The van der Waals surface area contributed by atoms with Crippen molar-refractivity contribution in [2.75, 3.05) is 6.61 Å². The molecule has 1 atom stereocenters. The van der Waals surface area contributed by atoms with Crippen LogP contribution in [0.3, 0.4) is 0 Å². The molecule has 176 valence electrons. The zero-order chi connectivity index (χ0) is 24.3. The van der Waals surface area contributed by atoms with Crippen LogP contribution in [-0.2, 0) is 11.2 Å². The van der Waals surface area contributed by atoms with Gasteiger partial charge in [0.1, 0.15) is 5.75 Å². The van der Waals surface area contributed by atoms with Crippen molar-refractivity contribution < 1.29 is 19.1 Å². The van der Waals surface area contributed by atoms with Crippen LogP contribution < -0.4 is 4.74 Å². The van der Waals surface area contributed by atoms with Gasteiger partial charge in [-0.25, -0.2) is 9.59 Å². The van der Waals surface area contributed by atoms with Crippen molar-refractivity contribution >= 4 is 11.9 Å². The van der Waals surface area contributed by atoms with Crippen LogP contribution >= 0.6 is 0 Å². The van der Waals surface area contributed by atoms with Gasteiger partial charge in [-0.15, -0.1) is 6.58 Å². The molecule has 3 aromatic carbocycles. The highest BCUT2D eigenvalue weighted by Gasteiger charge is 2.11. The van der Waals surface area contributed by atoms with Gasteiger partial charge in [-0.2, -0.15) is 0 Å². The van der Waals surface area contributed by atoms with Gasteiger partial charge in [-0.05, 0) is 78.3 Å². The molecule has 0 bridgehead atoms. The van der Waals surface area contributed by atoms with Crippen molar-refractivity contribution in [3.8, 4) is 16.9 Å². The summed E-state index contributed by atoms with van der Waals surface area (Å²) in [6.45, 7) is 8.29. The van der Waals surface area contributed by atoms with Crippen LogP contribution in [0.2, 0.25) is 0 Å². The van der Waals surface area contributed by atoms with Gasteiger partial charge in [0.05, 0.1) is 17.7 Å². The molecule has 0 saturated heterocycles. The Balaban J connectivity index is 1.57. The second-order valence-electron chi connectivity index (χ2n) is 8.48. The number of rotatable bonds is 11. The molecule has 0 aromatic heterocycles. The van der Waals surface area contributed by atoms with Gasteiger partial charge in [0.15, 0.2) is 0 Å². The molecular weight excluding hydrogens is 424 g/mol. The highest BCUT2D eigenvalue weighted by molar-refractivity contribution is 5.92. The predicted octanol–water partition coefficient (Wildman–Crippen LogP) is 7.28. The number of carbonyl (C=O) groups excluding carboxylic acids is 2. The van der Waals surface area contributed by atoms with E-state index < -0.39 is 5.97 Å². The van der Waals surface area contributed by atoms with Crippen LogP contribution in [0.1, 0.15) is 59.4 Å². The summed E-state index contributed by atoms with van der Waals surface area (Å²) < 4.78 is 10.9. The predicted molar refractivity (Wildman–Crippen MR) is 136 cm³/mol. The number of hydrogen-bond acceptors (Lipinski definition) is 4. The van der Waals surface area contributed by atoms with E-state index in [1.165, 1.54) is 5.56 Å². The lowest BCUT2D eigenvalue weighted by Gasteiger charge is -2.10. The molecule has 4 heteroatoms. The molecule has 0 unspecified atom stereocenters. The van der Waals surface area contributed by atoms with E-state index in [9.17, 15) is 9.59 Å². The molecule has 0 radical (unpaired) electrons. The Kier molecular flexibility index (Phi) is 9.21. The number of aryl methyl sites for hydroxylation is 1. The molecule has 34 heavy (non-hydrogen) atoms. The fraction of sp³-hybridized carbons (Fsp3) is 0.267. The molecule has 0 amide bonds. The first-order valence-corrected chi connectivity index (χ1v) is 11.8. The van der Waals surface area contributed by atoms with E-state index in [-0.39, 0.29) is 5.97 Å². The molecule has 0 saturated carbocycles. The second kappa shape index (κ2) is 12.5. The van der Waals surface area contributed by atoms with E-state index in [0.717, 1.165) is 36.8 Å². The second-order valence-corrected chi connectivity index (χ2v) is 8.48. The summed E-state index contributed by atoms with van der Waals surface area (Å²) in [5.74, 6) is 0.164. The third-order valence-electron chi connectivity index (χ3n) is 5.78. The van der Waals surface area contributed by atoms with E-state index in [1.54, 1.807) is 24.3 Å². The number of unbranched alkanes of at least 4 members (excludes halogenated alkanes) is 1. The van der Waals surface area contributed by atoms with Crippen LogP contribution in [0, 0.1) is 5.92 Å².